The maximum absolute atomic E-state index is 12.4. The van der Waals surface area contributed by atoms with E-state index < -0.39 is 0 Å². The zero-order valence-corrected chi connectivity index (χ0v) is 15.2. The van der Waals surface area contributed by atoms with E-state index >= 15 is 0 Å². The van der Waals surface area contributed by atoms with Crippen LogP contribution < -0.4 is 10.2 Å². The molecular formula is C19H31N3O. The fourth-order valence-electron chi connectivity index (χ4n) is 2.88. The lowest BCUT2D eigenvalue weighted by Crippen LogP contribution is -2.56. The molecule has 0 bridgehead atoms. The molecule has 0 spiro atoms. The summed E-state index contributed by atoms with van der Waals surface area (Å²) < 4.78 is 0. The van der Waals surface area contributed by atoms with Crippen LogP contribution in [0, 0.1) is 6.92 Å². The molecule has 1 fully saturated rings. The van der Waals surface area contributed by atoms with Crippen LogP contribution in [0.5, 0.6) is 0 Å². The maximum atomic E-state index is 12.4. The number of nitrogens with one attached hydrogen (secondary N) is 1. The highest BCUT2D eigenvalue weighted by Gasteiger charge is 2.28. The number of anilines is 1. The predicted molar refractivity (Wildman–Crippen MR) is 96.9 cm³/mol. The predicted octanol–water partition coefficient (Wildman–Crippen LogP) is 2.81. The Kier molecular flexibility index (Phi) is 5.69. The van der Waals surface area contributed by atoms with Crippen molar-refractivity contribution in [2.24, 2.45) is 0 Å². The topological polar surface area (TPSA) is 35.6 Å². The van der Waals surface area contributed by atoms with Gasteiger partial charge in [0.05, 0.1) is 6.04 Å². The van der Waals surface area contributed by atoms with Crippen LogP contribution >= 0.6 is 0 Å². The van der Waals surface area contributed by atoms with Crippen LogP contribution in [0.3, 0.4) is 0 Å². The van der Waals surface area contributed by atoms with Gasteiger partial charge in [-0.2, -0.15) is 0 Å². The van der Waals surface area contributed by atoms with Crippen molar-refractivity contribution in [2.45, 2.75) is 52.6 Å². The lowest BCUT2D eigenvalue weighted by atomic mass is 10.0. The molecular weight excluding hydrogens is 286 g/mol. The van der Waals surface area contributed by atoms with Gasteiger partial charge in [0.2, 0.25) is 5.91 Å². The van der Waals surface area contributed by atoms with Gasteiger partial charge in [-0.3, -0.25) is 9.69 Å². The van der Waals surface area contributed by atoms with Gasteiger partial charge in [-0.1, -0.05) is 19.1 Å². The number of carbonyl (C=O) groups is 1. The highest BCUT2D eigenvalue weighted by atomic mass is 16.2. The van der Waals surface area contributed by atoms with Gasteiger partial charge >= 0.3 is 0 Å². The molecule has 0 saturated carbocycles. The standard InChI is InChI=1S/C19H31N3O/c1-6-19(4,5)20-18(23)16(3)21-10-12-22(13-11-21)17-9-7-8-15(2)14-17/h7-9,14,16H,6,10-13H2,1-5H3,(H,20,23). The molecule has 4 heteroatoms. The quantitative estimate of drug-likeness (QED) is 0.907. The summed E-state index contributed by atoms with van der Waals surface area (Å²) in [6, 6.07) is 8.57. The Morgan fingerprint density at radius 2 is 1.91 bits per heavy atom. The van der Waals surface area contributed by atoms with E-state index in [0.717, 1.165) is 32.6 Å². The second kappa shape index (κ2) is 7.35. The summed E-state index contributed by atoms with van der Waals surface area (Å²) in [6.07, 6.45) is 0.937. The van der Waals surface area contributed by atoms with Gasteiger partial charge in [-0.25, -0.2) is 0 Å². The van der Waals surface area contributed by atoms with Crippen molar-refractivity contribution in [1.29, 1.82) is 0 Å². The summed E-state index contributed by atoms with van der Waals surface area (Å²) in [5.41, 5.74) is 2.45. The van der Waals surface area contributed by atoms with Gasteiger partial charge in [0, 0.05) is 37.4 Å². The number of benzene rings is 1. The first-order valence-corrected chi connectivity index (χ1v) is 8.70. The highest BCUT2D eigenvalue weighted by molar-refractivity contribution is 5.82. The molecule has 1 aliphatic rings. The third-order valence-electron chi connectivity index (χ3n) is 4.95. The van der Waals surface area contributed by atoms with Crippen molar-refractivity contribution in [3.05, 3.63) is 29.8 Å². The monoisotopic (exact) mass is 317 g/mol. The van der Waals surface area contributed by atoms with Crippen LogP contribution in [0.25, 0.3) is 0 Å². The first-order chi connectivity index (χ1) is 10.8. The minimum atomic E-state index is -0.130. The first-order valence-electron chi connectivity index (χ1n) is 8.70. The minimum Gasteiger partial charge on any atom is -0.369 e. The highest BCUT2D eigenvalue weighted by Crippen LogP contribution is 2.19. The molecule has 2 rings (SSSR count). The van der Waals surface area contributed by atoms with Crippen LogP contribution in [0.1, 0.15) is 39.7 Å². The summed E-state index contributed by atoms with van der Waals surface area (Å²) in [5.74, 6) is 0.140. The van der Waals surface area contributed by atoms with E-state index in [2.05, 4.69) is 67.1 Å². The summed E-state index contributed by atoms with van der Waals surface area (Å²) in [4.78, 5) is 17.1. The molecule has 1 aliphatic heterocycles. The van der Waals surface area contributed by atoms with Gasteiger partial charge in [0.1, 0.15) is 0 Å². The summed E-state index contributed by atoms with van der Waals surface area (Å²) in [5, 5.41) is 3.16. The molecule has 0 radical (unpaired) electrons. The van der Waals surface area contributed by atoms with Gasteiger partial charge < -0.3 is 10.2 Å². The van der Waals surface area contributed by atoms with Crippen molar-refractivity contribution in [1.82, 2.24) is 10.2 Å². The Morgan fingerprint density at radius 1 is 1.26 bits per heavy atom. The lowest BCUT2D eigenvalue weighted by Gasteiger charge is -2.39. The largest absolute Gasteiger partial charge is 0.369 e. The second-order valence-corrected chi connectivity index (χ2v) is 7.26. The number of nitrogens with zero attached hydrogens (tertiary/aromatic N) is 2. The number of hydrogen-bond donors (Lipinski definition) is 1. The van der Waals surface area contributed by atoms with E-state index in [9.17, 15) is 4.79 Å². The van der Waals surface area contributed by atoms with Crippen molar-refractivity contribution in [3.63, 3.8) is 0 Å². The Hall–Kier alpha value is -1.55. The van der Waals surface area contributed by atoms with E-state index in [1.807, 2.05) is 6.92 Å². The molecule has 1 aromatic carbocycles. The molecule has 1 saturated heterocycles. The fourth-order valence-corrected chi connectivity index (χ4v) is 2.88. The van der Waals surface area contributed by atoms with Crippen molar-refractivity contribution < 1.29 is 4.79 Å². The van der Waals surface area contributed by atoms with E-state index in [1.54, 1.807) is 0 Å². The number of rotatable bonds is 5. The molecule has 1 atom stereocenters. The van der Waals surface area contributed by atoms with Gasteiger partial charge in [0.15, 0.2) is 0 Å². The average molecular weight is 317 g/mol. The van der Waals surface area contributed by atoms with Crippen LogP contribution in [0.15, 0.2) is 24.3 Å². The van der Waals surface area contributed by atoms with Gasteiger partial charge in [0.25, 0.3) is 0 Å². The summed E-state index contributed by atoms with van der Waals surface area (Å²) >= 11 is 0. The molecule has 1 unspecified atom stereocenters. The molecule has 23 heavy (non-hydrogen) atoms. The van der Waals surface area contributed by atoms with Crippen LogP contribution in [0.2, 0.25) is 0 Å². The van der Waals surface area contributed by atoms with E-state index in [-0.39, 0.29) is 17.5 Å². The second-order valence-electron chi connectivity index (χ2n) is 7.26. The molecule has 128 valence electrons. The van der Waals surface area contributed by atoms with Crippen molar-refractivity contribution >= 4 is 11.6 Å². The smallest absolute Gasteiger partial charge is 0.237 e. The first kappa shape index (κ1) is 17.8. The Labute approximate surface area is 140 Å². The summed E-state index contributed by atoms with van der Waals surface area (Å²) in [7, 11) is 0. The van der Waals surface area contributed by atoms with Crippen LogP contribution in [-0.4, -0.2) is 48.6 Å². The number of aryl methyl sites for hydroxylation is 1. The van der Waals surface area contributed by atoms with E-state index in [1.165, 1.54) is 11.3 Å². The molecule has 0 aliphatic carbocycles. The molecule has 1 amide bonds. The third-order valence-corrected chi connectivity index (χ3v) is 4.95. The van der Waals surface area contributed by atoms with Crippen LogP contribution in [-0.2, 0) is 4.79 Å². The van der Waals surface area contributed by atoms with Crippen molar-refractivity contribution in [3.8, 4) is 0 Å². The third kappa shape index (κ3) is 4.71. The number of piperazine rings is 1. The zero-order chi connectivity index (χ0) is 17.0. The fraction of sp³-hybridized carbons (Fsp3) is 0.632. The lowest BCUT2D eigenvalue weighted by molar-refractivity contribution is -0.127. The number of hydrogen-bond acceptors (Lipinski definition) is 3. The van der Waals surface area contributed by atoms with Gasteiger partial charge in [-0.15, -0.1) is 0 Å². The molecule has 1 aromatic rings. The maximum Gasteiger partial charge on any atom is 0.237 e. The van der Waals surface area contributed by atoms with Crippen molar-refractivity contribution in [2.75, 3.05) is 31.1 Å². The molecule has 0 aromatic heterocycles. The zero-order valence-electron chi connectivity index (χ0n) is 15.2. The average Bonchev–Trinajstić information content (AvgIpc) is 2.54. The van der Waals surface area contributed by atoms with E-state index in [4.69, 9.17) is 0 Å². The normalized spacial score (nSPS) is 17.9. The SMILES string of the molecule is CCC(C)(C)NC(=O)C(C)N1CCN(c2cccc(C)c2)CC1. The minimum absolute atomic E-state index is 0.0690. The van der Waals surface area contributed by atoms with E-state index in [0.29, 0.717) is 0 Å². The summed E-state index contributed by atoms with van der Waals surface area (Å²) in [6.45, 7) is 14.2. The number of carbonyl (C=O) groups excluding carboxylic acids is 1. The van der Waals surface area contributed by atoms with Crippen LogP contribution in [0.4, 0.5) is 5.69 Å². The Balaban J connectivity index is 1.89. The van der Waals surface area contributed by atoms with Gasteiger partial charge in [-0.05, 0) is 51.8 Å². The Bertz CT molecular complexity index is 533. The Morgan fingerprint density at radius 3 is 2.48 bits per heavy atom. The number of amides is 1. The molecule has 1 heterocycles. The molecule has 1 N–H and O–H groups in total. The molecule has 4 nitrogen and oxygen atoms in total.